The maximum atomic E-state index is 12.5. The van der Waals surface area contributed by atoms with Crippen LogP contribution >= 0.6 is 0 Å². The van der Waals surface area contributed by atoms with Gasteiger partial charge in [-0.3, -0.25) is 4.79 Å². The third-order valence-electron chi connectivity index (χ3n) is 5.08. The standard InChI is InChI=1S/C18H22N4O/c23-18(15-9-5-2-6-10-15)21-11-16(12-21)22-13-17(19-20-22)14-7-3-1-4-8-14/h1,3-4,7-8,13,15-16H,2,5-6,9-12H2. The number of benzene rings is 1. The summed E-state index contributed by atoms with van der Waals surface area (Å²) in [6.07, 6.45) is 7.83. The number of likely N-dealkylation sites (tertiary alicyclic amines) is 1. The molecule has 5 nitrogen and oxygen atoms in total. The summed E-state index contributed by atoms with van der Waals surface area (Å²) in [5.41, 5.74) is 1.97. The normalized spacial score (nSPS) is 19.6. The number of rotatable bonds is 3. The number of hydrogen-bond acceptors (Lipinski definition) is 3. The molecule has 2 fully saturated rings. The highest BCUT2D eigenvalue weighted by atomic mass is 16.2. The van der Waals surface area contributed by atoms with Crippen LogP contribution in [-0.4, -0.2) is 38.9 Å². The van der Waals surface area contributed by atoms with Crippen molar-refractivity contribution in [1.82, 2.24) is 19.9 Å². The van der Waals surface area contributed by atoms with E-state index in [0.717, 1.165) is 37.2 Å². The lowest BCUT2D eigenvalue weighted by atomic mass is 9.87. The Morgan fingerprint density at radius 2 is 1.78 bits per heavy atom. The third-order valence-corrected chi connectivity index (χ3v) is 5.08. The average Bonchev–Trinajstić information content (AvgIpc) is 3.05. The van der Waals surface area contributed by atoms with Crippen LogP contribution < -0.4 is 0 Å². The van der Waals surface area contributed by atoms with Crippen LogP contribution in [0.1, 0.15) is 38.1 Å². The van der Waals surface area contributed by atoms with Gasteiger partial charge >= 0.3 is 0 Å². The van der Waals surface area contributed by atoms with E-state index in [-0.39, 0.29) is 12.0 Å². The van der Waals surface area contributed by atoms with Crippen LogP contribution in [0.3, 0.4) is 0 Å². The van der Waals surface area contributed by atoms with Gasteiger partial charge in [0.15, 0.2) is 0 Å². The van der Waals surface area contributed by atoms with Crippen LogP contribution in [0.2, 0.25) is 0 Å². The molecule has 2 heterocycles. The molecule has 1 aliphatic carbocycles. The van der Waals surface area contributed by atoms with Gasteiger partial charge in [-0.15, -0.1) is 5.10 Å². The minimum Gasteiger partial charge on any atom is -0.338 e. The Labute approximate surface area is 136 Å². The van der Waals surface area contributed by atoms with E-state index in [1.54, 1.807) is 0 Å². The van der Waals surface area contributed by atoms with Crippen molar-refractivity contribution in [2.45, 2.75) is 38.1 Å². The van der Waals surface area contributed by atoms with E-state index in [1.807, 2.05) is 46.1 Å². The SMILES string of the molecule is O=C(C1CCCCC1)N1CC(n2cc(-c3ccccc3)nn2)C1. The van der Waals surface area contributed by atoms with Crippen LogP contribution in [0.5, 0.6) is 0 Å². The smallest absolute Gasteiger partial charge is 0.225 e. The highest BCUT2D eigenvalue weighted by Gasteiger charge is 2.36. The van der Waals surface area contributed by atoms with Crippen molar-refractivity contribution in [1.29, 1.82) is 0 Å². The van der Waals surface area contributed by atoms with Crippen LogP contribution in [-0.2, 0) is 4.79 Å². The summed E-state index contributed by atoms with van der Waals surface area (Å²) in [5.74, 6) is 0.615. The van der Waals surface area contributed by atoms with Crippen molar-refractivity contribution in [3.05, 3.63) is 36.5 Å². The zero-order chi connectivity index (χ0) is 15.6. The van der Waals surface area contributed by atoms with Crippen molar-refractivity contribution in [2.75, 3.05) is 13.1 Å². The summed E-state index contributed by atoms with van der Waals surface area (Å²) in [6, 6.07) is 10.3. The van der Waals surface area contributed by atoms with Crippen molar-refractivity contribution in [3.8, 4) is 11.3 Å². The topological polar surface area (TPSA) is 51.0 Å². The second kappa shape index (κ2) is 6.14. The van der Waals surface area contributed by atoms with Crippen molar-refractivity contribution >= 4 is 5.91 Å². The number of aromatic nitrogens is 3. The molecule has 0 unspecified atom stereocenters. The van der Waals surface area contributed by atoms with Gasteiger partial charge in [-0.1, -0.05) is 54.8 Å². The van der Waals surface area contributed by atoms with Gasteiger partial charge in [-0.2, -0.15) is 0 Å². The molecule has 23 heavy (non-hydrogen) atoms. The summed E-state index contributed by atoms with van der Waals surface area (Å²) in [6.45, 7) is 1.54. The predicted octanol–water partition coefficient (Wildman–Crippen LogP) is 2.91. The minimum atomic E-state index is 0.264. The fourth-order valence-electron chi connectivity index (χ4n) is 3.61. The molecule has 5 heteroatoms. The molecule has 0 spiro atoms. The largest absolute Gasteiger partial charge is 0.338 e. The summed E-state index contributed by atoms with van der Waals surface area (Å²) in [7, 11) is 0. The number of hydrogen-bond donors (Lipinski definition) is 0. The number of carbonyl (C=O) groups is 1. The van der Waals surface area contributed by atoms with Gasteiger partial charge < -0.3 is 4.90 Å². The van der Waals surface area contributed by atoms with Gasteiger partial charge in [0, 0.05) is 24.6 Å². The molecule has 0 bridgehead atoms. The van der Waals surface area contributed by atoms with Crippen LogP contribution in [0, 0.1) is 5.92 Å². The van der Waals surface area contributed by atoms with E-state index in [2.05, 4.69) is 10.3 Å². The quantitative estimate of drug-likeness (QED) is 0.876. The fraction of sp³-hybridized carbons (Fsp3) is 0.500. The molecule has 1 aromatic heterocycles. The van der Waals surface area contributed by atoms with Gasteiger partial charge in [0.25, 0.3) is 0 Å². The molecular weight excluding hydrogens is 288 g/mol. The summed E-state index contributed by atoms with van der Waals surface area (Å²) in [4.78, 5) is 14.5. The zero-order valence-corrected chi connectivity index (χ0v) is 13.3. The molecule has 0 radical (unpaired) electrons. The Bertz CT molecular complexity index is 669. The molecule has 1 amide bonds. The molecule has 1 saturated carbocycles. The summed E-state index contributed by atoms with van der Waals surface area (Å²) in [5, 5.41) is 8.51. The number of carbonyl (C=O) groups excluding carboxylic acids is 1. The van der Waals surface area contributed by atoms with Gasteiger partial charge in [-0.25, -0.2) is 4.68 Å². The van der Waals surface area contributed by atoms with Crippen LogP contribution in [0.15, 0.2) is 36.5 Å². The molecule has 120 valence electrons. The Morgan fingerprint density at radius 1 is 1.04 bits per heavy atom. The lowest BCUT2D eigenvalue weighted by Gasteiger charge is -2.41. The minimum absolute atomic E-state index is 0.264. The molecule has 0 atom stereocenters. The van der Waals surface area contributed by atoms with Gasteiger partial charge in [0.2, 0.25) is 5.91 Å². The second-order valence-electron chi connectivity index (χ2n) is 6.68. The molecule has 1 saturated heterocycles. The van der Waals surface area contributed by atoms with Crippen molar-refractivity contribution in [2.24, 2.45) is 5.92 Å². The molecule has 2 aromatic rings. The Hall–Kier alpha value is -2.17. The van der Waals surface area contributed by atoms with E-state index >= 15 is 0 Å². The first kappa shape index (κ1) is 14.4. The predicted molar refractivity (Wildman–Crippen MR) is 87.7 cm³/mol. The summed E-state index contributed by atoms with van der Waals surface area (Å²) >= 11 is 0. The maximum absolute atomic E-state index is 12.5. The van der Waals surface area contributed by atoms with Crippen LogP contribution in [0.4, 0.5) is 0 Å². The Morgan fingerprint density at radius 3 is 2.52 bits per heavy atom. The molecule has 4 rings (SSSR count). The van der Waals surface area contributed by atoms with Gasteiger partial charge in [-0.05, 0) is 12.8 Å². The summed E-state index contributed by atoms with van der Waals surface area (Å²) < 4.78 is 1.91. The van der Waals surface area contributed by atoms with E-state index < -0.39 is 0 Å². The first-order valence-electron chi connectivity index (χ1n) is 8.57. The fourth-order valence-corrected chi connectivity index (χ4v) is 3.61. The highest BCUT2D eigenvalue weighted by Crippen LogP contribution is 2.30. The van der Waals surface area contributed by atoms with E-state index in [9.17, 15) is 4.79 Å². The van der Waals surface area contributed by atoms with E-state index in [1.165, 1.54) is 19.3 Å². The maximum Gasteiger partial charge on any atom is 0.225 e. The zero-order valence-electron chi connectivity index (χ0n) is 13.3. The molecule has 0 N–H and O–H groups in total. The molecule has 2 aliphatic rings. The second-order valence-corrected chi connectivity index (χ2v) is 6.68. The van der Waals surface area contributed by atoms with Gasteiger partial charge in [0.1, 0.15) is 5.69 Å². The average molecular weight is 310 g/mol. The van der Waals surface area contributed by atoms with Gasteiger partial charge in [0.05, 0.1) is 12.2 Å². The number of amides is 1. The Balaban J connectivity index is 1.37. The number of nitrogens with zero attached hydrogens (tertiary/aromatic N) is 4. The van der Waals surface area contributed by atoms with Crippen molar-refractivity contribution in [3.63, 3.8) is 0 Å². The molecular formula is C18H22N4O. The third kappa shape index (κ3) is 2.87. The van der Waals surface area contributed by atoms with Crippen molar-refractivity contribution < 1.29 is 4.79 Å². The van der Waals surface area contributed by atoms with E-state index in [0.29, 0.717) is 5.91 Å². The van der Waals surface area contributed by atoms with E-state index in [4.69, 9.17) is 0 Å². The lowest BCUT2D eigenvalue weighted by molar-refractivity contribution is -0.142. The highest BCUT2D eigenvalue weighted by molar-refractivity contribution is 5.79. The molecule has 1 aliphatic heterocycles. The first-order chi connectivity index (χ1) is 11.3. The monoisotopic (exact) mass is 310 g/mol. The lowest BCUT2D eigenvalue weighted by Crippen LogP contribution is -2.53. The first-order valence-corrected chi connectivity index (χ1v) is 8.57. The van der Waals surface area contributed by atoms with Crippen LogP contribution in [0.25, 0.3) is 11.3 Å². The Kier molecular flexibility index (Phi) is 3.85. The molecule has 1 aromatic carbocycles.